The summed E-state index contributed by atoms with van der Waals surface area (Å²) in [6.45, 7) is 4.64. The van der Waals surface area contributed by atoms with Crippen LogP contribution in [0.2, 0.25) is 0 Å². The number of H-pyrrole nitrogens is 1. The van der Waals surface area contributed by atoms with Crippen molar-refractivity contribution in [3.8, 4) is 5.88 Å². The van der Waals surface area contributed by atoms with Gasteiger partial charge in [-0.3, -0.25) is 10.4 Å². The second-order valence-electron chi connectivity index (χ2n) is 8.46. The standard InChI is InChI=1S/C24H31N5O4/c1-15-11-18(12-16(2)32-15)33-23-19-14-25-22(13-21(19)28-29-23)27-24(30)26-20(9-10-31-3)17-7-5-4-6-8-17/h4-8,13-16,18,20H,9-12H2,1-3H3,(H,28,29)(H2,25,26,27,30)/t15-,16+,18?,20-/m1/s1. The Labute approximate surface area is 193 Å². The van der Waals surface area contributed by atoms with E-state index in [0.717, 1.165) is 29.3 Å². The Balaban J connectivity index is 1.41. The van der Waals surface area contributed by atoms with Crippen molar-refractivity contribution >= 4 is 22.8 Å². The number of aromatic nitrogens is 3. The van der Waals surface area contributed by atoms with Crippen molar-refractivity contribution in [2.45, 2.75) is 57.5 Å². The molecule has 3 aromatic rings. The lowest BCUT2D eigenvalue weighted by Gasteiger charge is -2.31. The molecule has 0 saturated carbocycles. The predicted octanol–water partition coefficient (Wildman–Crippen LogP) is 4.19. The molecule has 2 aromatic heterocycles. The highest BCUT2D eigenvalue weighted by Crippen LogP contribution is 2.28. The zero-order chi connectivity index (χ0) is 23.2. The minimum absolute atomic E-state index is 0.0425. The van der Waals surface area contributed by atoms with Gasteiger partial charge in [0, 0.05) is 38.8 Å². The number of urea groups is 1. The van der Waals surface area contributed by atoms with E-state index in [0.29, 0.717) is 24.7 Å². The van der Waals surface area contributed by atoms with Crippen molar-refractivity contribution in [1.82, 2.24) is 20.5 Å². The fraction of sp³-hybridized carbons (Fsp3) is 0.458. The maximum absolute atomic E-state index is 12.7. The van der Waals surface area contributed by atoms with Crippen molar-refractivity contribution in [1.29, 1.82) is 0 Å². The number of nitrogens with zero attached hydrogens (tertiary/aromatic N) is 2. The van der Waals surface area contributed by atoms with Crippen LogP contribution in [0.3, 0.4) is 0 Å². The van der Waals surface area contributed by atoms with Gasteiger partial charge in [-0.05, 0) is 25.8 Å². The van der Waals surface area contributed by atoms with Crippen LogP contribution in [0.15, 0.2) is 42.6 Å². The van der Waals surface area contributed by atoms with Gasteiger partial charge in [-0.1, -0.05) is 30.3 Å². The summed E-state index contributed by atoms with van der Waals surface area (Å²) in [6.07, 6.45) is 4.30. The molecule has 0 bridgehead atoms. The summed E-state index contributed by atoms with van der Waals surface area (Å²) < 4.78 is 17.1. The quantitative estimate of drug-likeness (QED) is 0.472. The third-order valence-electron chi connectivity index (χ3n) is 5.70. The molecule has 3 heterocycles. The molecule has 4 atom stereocenters. The number of rotatable bonds is 8. The van der Waals surface area contributed by atoms with Crippen molar-refractivity contribution in [3.05, 3.63) is 48.2 Å². The van der Waals surface area contributed by atoms with Gasteiger partial charge in [-0.15, -0.1) is 5.10 Å². The number of carbonyl (C=O) groups excluding carboxylic acids is 1. The molecule has 1 aliphatic rings. The van der Waals surface area contributed by atoms with Crippen molar-refractivity contribution in [3.63, 3.8) is 0 Å². The van der Waals surface area contributed by atoms with Gasteiger partial charge >= 0.3 is 6.03 Å². The fourth-order valence-electron chi connectivity index (χ4n) is 4.20. The Morgan fingerprint density at radius 3 is 2.73 bits per heavy atom. The average Bonchev–Trinajstić information content (AvgIpc) is 3.18. The first-order valence-corrected chi connectivity index (χ1v) is 11.3. The third-order valence-corrected chi connectivity index (χ3v) is 5.70. The zero-order valence-electron chi connectivity index (χ0n) is 19.2. The van der Waals surface area contributed by atoms with Gasteiger partial charge in [0.15, 0.2) is 0 Å². The van der Waals surface area contributed by atoms with Gasteiger partial charge in [-0.25, -0.2) is 9.78 Å². The van der Waals surface area contributed by atoms with Crippen LogP contribution < -0.4 is 15.4 Å². The summed E-state index contributed by atoms with van der Waals surface area (Å²) in [4.78, 5) is 17.0. The van der Waals surface area contributed by atoms with Crippen LogP contribution in [0.1, 0.15) is 44.7 Å². The number of anilines is 1. The maximum Gasteiger partial charge on any atom is 0.320 e. The second-order valence-corrected chi connectivity index (χ2v) is 8.46. The Kier molecular flexibility index (Phi) is 7.41. The van der Waals surface area contributed by atoms with Crippen molar-refractivity contribution < 1.29 is 19.0 Å². The van der Waals surface area contributed by atoms with Crippen LogP contribution >= 0.6 is 0 Å². The van der Waals surface area contributed by atoms with E-state index in [1.54, 1.807) is 19.4 Å². The maximum atomic E-state index is 12.7. The molecule has 176 valence electrons. The minimum Gasteiger partial charge on any atom is -0.473 e. The minimum atomic E-state index is -0.340. The van der Waals surface area contributed by atoms with E-state index in [1.165, 1.54) is 0 Å². The molecule has 0 radical (unpaired) electrons. The lowest BCUT2D eigenvalue weighted by Crippen LogP contribution is -2.35. The van der Waals surface area contributed by atoms with Gasteiger partial charge in [0.1, 0.15) is 11.9 Å². The molecule has 1 unspecified atom stereocenters. The molecule has 0 spiro atoms. The lowest BCUT2D eigenvalue weighted by atomic mass is 10.0. The SMILES string of the molecule is COCC[C@@H](NC(=O)Nc1cc2[nH]nc(OC3C[C@@H](C)O[C@@H](C)C3)c2cn1)c1ccccc1. The normalized spacial score (nSPS) is 21.5. The number of amides is 2. The van der Waals surface area contributed by atoms with E-state index in [-0.39, 0.29) is 30.4 Å². The Morgan fingerprint density at radius 1 is 1.24 bits per heavy atom. The van der Waals surface area contributed by atoms with Crippen LogP contribution in [0.25, 0.3) is 10.9 Å². The average molecular weight is 454 g/mol. The van der Waals surface area contributed by atoms with Crippen LogP contribution in [0, 0.1) is 0 Å². The van der Waals surface area contributed by atoms with E-state index in [4.69, 9.17) is 14.2 Å². The first-order valence-electron chi connectivity index (χ1n) is 11.3. The largest absolute Gasteiger partial charge is 0.473 e. The number of aromatic amines is 1. The molecule has 33 heavy (non-hydrogen) atoms. The number of ether oxygens (including phenoxy) is 3. The van der Waals surface area contributed by atoms with Gasteiger partial charge in [-0.2, -0.15) is 0 Å². The number of benzene rings is 1. The molecule has 0 aliphatic carbocycles. The molecule has 3 N–H and O–H groups in total. The van der Waals surface area contributed by atoms with Crippen LogP contribution in [-0.2, 0) is 9.47 Å². The molecular weight excluding hydrogens is 422 g/mol. The molecule has 4 rings (SSSR count). The molecule has 1 saturated heterocycles. The lowest BCUT2D eigenvalue weighted by molar-refractivity contribution is -0.0727. The number of pyridine rings is 1. The van der Waals surface area contributed by atoms with Gasteiger partial charge in [0.05, 0.1) is 29.2 Å². The Hall–Kier alpha value is -3.17. The van der Waals surface area contributed by atoms with E-state index < -0.39 is 0 Å². The topological polar surface area (TPSA) is 110 Å². The molecule has 1 aliphatic heterocycles. The fourth-order valence-corrected chi connectivity index (χ4v) is 4.20. The Bertz CT molecular complexity index is 1050. The number of hydrogen-bond donors (Lipinski definition) is 3. The third kappa shape index (κ3) is 6.00. The number of nitrogens with one attached hydrogen (secondary N) is 3. The Morgan fingerprint density at radius 2 is 2.00 bits per heavy atom. The highest BCUT2D eigenvalue weighted by molar-refractivity contribution is 5.92. The molecule has 2 amide bonds. The number of fused-ring (bicyclic) bond motifs is 1. The molecule has 1 fully saturated rings. The summed E-state index contributed by atoms with van der Waals surface area (Å²) >= 11 is 0. The summed E-state index contributed by atoms with van der Waals surface area (Å²) in [5.74, 6) is 0.936. The number of carbonyl (C=O) groups is 1. The molecular formula is C24H31N5O4. The van der Waals surface area contributed by atoms with E-state index >= 15 is 0 Å². The number of methoxy groups -OCH3 is 1. The first-order chi connectivity index (χ1) is 16.0. The summed E-state index contributed by atoms with van der Waals surface area (Å²) in [5.41, 5.74) is 1.75. The molecule has 9 nitrogen and oxygen atoms in total. The van der Waals surface area contributed by atoms with Crippen LogP contribution in [-0.4, -0.2) is 53.2 Å². The van der Waals surface area contributed by atoms with E-state index in [9.17, 15) is 4.79 Å². The molecule has 9 heteroatoms. The monoisotopic (exact) mass is 453 g/mol. The highest BCUT2D eigenvalue weighted by Gasteiger charge is 2.27. The first kappa shape index (κ1) is 23.0. The van der Waals surface area contributed by atoms with Crippen LogP contribution in [0.5, 0.6) is 5.88 Å². The van der Waals surface area contributed by atoms with Gasteiger partial charge in [0.25, 0.3) is 0 Å². The van der Waals surface area contributed by atoms with Crippen molar-refractivity contribution in [2.24, 2.45) is 0 Å². The second kappa shape index (κ2) is 10.6. The summed E-state index contributed by atoms with van der Waals surface area (Å²) in [6, 6.07) is 11.0. The van der Waals surface area contributed by atoms with Crippen molar-refractivity contribution in [2.75, 3.05) is 19.0 Å². The predicted molar refractivity (Wildman–Crippen MR) is 125 cm³/mol. The number of hydrogen-bond acceptors (Lipinski definition) is 6. The van der Waals surface area contributed by atoms with E-state index in [1.807, 2.05) is 30.3 Å². The van der Waals surface area contributed by atoms with Crippen LogP contribution in [0.4, 0.5) is 10.6 Å². The summed E-state index contributed by atoms with van der Waals surface area (Å²) in [5, 5.41) is 13.9. The zero-order valence-corrected chi connectivity index (χ0v) is 19.2. The van der Waals surface area contributed by atoms with Gasteiger partial charge in [0.2, 0.25) is 5.88 Å². The van der Waals surface area contributed by atoms with Gasteiger partial charge < -0.3 is 19.5 Å². The van der Waals surface area contributed by atoms with E-state index in [2.05, 4.69) is 39.7 Å². The molecule has 1 aromatic carbocycles. The smallest absolute Gasteiger partial charge is 0.320 e. The highest BCUT2D eigenvalue weighted by atomic mass is 16.5. The summed E-state index contributed by atoms with van der Waals surface area (Å²) in [7, 11) is 1.65.